The van der Waals surface area contributed by atoms with Gasteiger partial charge in [0.1, 0.15) is 0 Å². The Hall–Kier alpha value is -0.520. The predicted molar refractivity (Wildman–Crippen MR) is 70.1 cm³/mol. The van der Waals surface area contributed by atoms with Gasteiger partial charge in [-0.05, 0) is 32.1 Å². The summed E-state index contributed by atoms with van der Waals surface area (Å²) in [6, 6.07) is 0. The van der Waals surface area contributed by atoms with Crippen molar-refractivity contribution in [1.82, 2.24) is 5.32 Å². The van der Waals surface area contributed by atoms with E-state index in [1.54, 1.807) is 0 Å². The Bertz CT molecular complexity index is 251. The van der Waals surface area contributed by atoms with Gasteiger partial charge in [0.15, 0.2) is 0 Å². The average Bonchev–Trinajstić information content (AvgIpc) is 2.48. The van der Waals surface area contributed by atoms with Crippen molar-refractivity contribution in [3.63, 3.8) is 0 Å². The maximum absolute atomic E-state index is 5.97. The number of nitrogens with two attached hydrogens (primary N) is 1. The number of rotatable bonds is 4. The predicted octanol–water partition coefficient (Wildman–Crippen LogP) is 2.29. The van der Waals surface area contributed by atoms with E-state index in [-0.39, 0.29) is 5.54 Å². The fraction of sp³-hybridized carbons (Fsp3) is 0.857. The van der Waals surface area contributed by atoms with E-state index in [2.05, 4.69) is 24.1 Å². The molecule has 0 spiro atoms. The lowest BCUT2D eigenvalue weighted by Crippen LogP contribution is -2.51. The molecule has 1 fully saturated rings. The highest BCUT2D eigenvalue weighted by Crippen LogP contribution is 2.29. The van der Waals surface area contributed by atoms with Crippen LogP contribution < -0.4 is 11.1 Å². The molecule has 0 aliphatic heterocycles. The van der Waals surface area contributed by atoms with Crippen LogP contribution in [0.15, 0.2) is 0 Å². The third kappa shape index (κ3) is 4.15. The lowest BCUT2D eigenvalue weighted by molar-refractivity contribution is 0.293. The van der Waals surface area contributed by atoms with Crippen LogP contribution in [-0.4, -0.2) is 18.6 Å². The van der Waals surface area contributed by atoms with Crippen LogP contribution >= 0.6 is 0 Å². The van der Waals surface area contributed by atoms with Crippen molar-refractivity contribution in [3.8, 4) is 11.8 Å². The van der Waals surface area contributed by atoms with Crippen LogP contribution in [0.2, 0.25) is 0 Å². The molecule has 1 aliphatic carbocycles. The Labute approximate surface area is 100 Å². The van der Waals surface area contributed by atoms with Crippen molar-refractivity contribution >= 4 is 0 Å². The van der Waals surface area contributed by atoms with Gasteiger partial charge in [-0.15, -0.1) is 11.8 Å². The van der Waals surface area contributed by atoms with Gasteiger partial charge in [0.25, 0.3) is 0 Å². The molecule has 92 valence electrons. The summed E-state index contributed by atoms with van der Waals surface area (Å²) in [4.78, 5) is 0. The minimum absolute atomic E-state index is 0.195. The second-order valence-corrected chi connectivity index (χ2v) is 5.12. The topological polar surface area (TPSA) is 38.0 Å². The van der Waals surface area contributed by atoms with Crippen LogP contribution in [0, 0.1) is 17.8 Å². The lowest BCUT2D eigenvalue weighted by atomic mass is 9.89. The number of nitrogens with one attached hydrogen (secondary N) is 1. The molecule has 0 bridgehead atoms. The molecule has 0 radical (unpaired) electrons. The molecule has 1 aliphatic rings. The maximum Gasteiger partial charge on any atom is 0.0304 e. The Kier molecular flexibility index (Phi) is 5.87. The van der Waals surface area contributed by atoms with Crippen LogP contribution in [0.4, 0.5) is 0 Å². The molecule has 2 unspecified atom stereocenters. The van der Waals surface area contributed by atoms with Gasteiger partial charge in [0, 0.05) is 25.0 Å². The van der Waals surface area contributed by atoms with Crippen molar-refractivity contribution in [1.29, 1.82) is 0 Å². The van der Waals surface area contributed by atoms with E-state index in [0.717, 1.165) is 25.4 Å². The van der Waals surface area contributed by atoms with Gasteiger partial charge in [0.05, 0.1) is 0 Å². The quantitative estimate of drug-likeness (QED) is 0.435. The average molecular weight is 222 g/mol. The van der Waals surface area contributed by atoms with Crippen LogP contribution in [0.3, 0.4) is 0 Å². The first kappa shape index (κ1) is 13.5. The van der Waals surface area contributed by atoms with Crippen LogP contribution in [0.5, 0.6) is 0 Å². The maximum atomic E-state index is 5.97. The summed E-state index contributed by atoms with van der Waals surface area (Å²) in [5, 5.41) is 3.65. The standard InChI is InChI=1S/C14H26N2/c1-3-4-5-11-16-14(12-15)9-6-7-13(2)8-10-14/h13,16H,5-12,15H2,1-2H3. The van der Waals surface area contributed by atoms with E-state index in [1.807, 2.05) is 6.92 Å². The minimum atomic E-state index is 0.195. The van der Waals surface area contributed by atoms with Gasteiger partial charge in [-0.3, -0.25) is 0 Å². The molecule has 2 atom stereocenters. The third-order valence-electron chi connectivity index (χ3n) is 3.79. The van der Waals surface area contributed by atoms with Crippen LogP contribution in [-0.2, 0) is 0 Å². The van der Waals surface area contributed by atoms with Crippen LogP contribution in [0.25, 0.3) is 0 Å². The number of hydrogen-bond donors (Lipinski definition) is 2. The van der Waals surface area contributed by atoms with Crippen molar-refractivity contribution < 1.29 is 0 Å². The molecule has 2 nitrogen and oxygen atoms in total. The molecule has 1 saturated carbocycles. The van der Waals surface area contributed by atoms with Gasteiger partial charge in [-0.1, -0.05) is 19.8 Å². The second kappa shape index (κ2) is 6.93. The third-order valence-corrected chi connectivity index (χ3v) is 3.79. The molecule has 0 saturated heterocycles. The highest BCUT2D eigenvalue weighted by Gasteiger charge is 2.29. The Balaban J connectivity index is 2.43. The van der Waals surface area contributed by atoms with Crippen molar-refractivity contribution in [3.05, 3.63) is 0 Å². The van der Waals surface area contributed by atoms with E-state index < -0.39 is 0 Å². The summed E-state index contributed by atoms with van der Waals surface area (Å²) < 4.78 is 0. The Morgan fingerprint density at radius 1 is 1.38 bits per heavy atom. The van der Waals surface area contributed by atoms with Crippen molar-refractivity contribution in [2.75, 3.05) is 13.1 Å². The monoisotopic (exact) mass is 222 g/mol. The van der Waals surface area contributed by atoms with E-state index in [0.29, 0.717) is 0 Å². The largest absolute Gasteiger partial charge is 0.329 e. The molecular weight excluding hydrogens is 196 g/mol. The Morgan fingerprint density at radius 3 is 2.88 bits per heavy atom. The van der Waals surface area contributed by atoms with Crippen molar-refractivity contribution in [2.45, 2.75) is 57.9 Å². The first-order valence-corrected chi connectivity index (χ1v) is 6.57. The SMILES string of the molecule is CC#CCCNC1(CN)CCCC(C)CC1. The van der Waals surface area contributed by atoms with Gasteiger partial charge in [-0.25, -0.2) is 0 Å². The first-order chi connectivity index (χ1) is 7.72. The summed E-state index contributed by atoms with van der Waals surface area (Å²) in [6.07, 6.45) is 7.37. The van der Waals surface area contributed by atoms with E-state index in [1.165, 1.54) is 32.1 Å². The second-order valence-electron chi connectivity index (χ2n) is 5.12. The zero-order valence-corrected chi connectivity index (χ0v) is 10.8. The molecule has 0 aromatic rings. The molecule has 0 amide bonds. The fourth-order valence-electron chi connectivity index (χ4n) is 2.55. The summed E-state index contributed by atoms with van der Waals surface area (Å²) in [5.41, 5.74) is 6.16. The van der Waals surface area contributed by atoms with Crippen molar-refractivity contribution in [2.24, 2.45) is 11.7 Å². The van der Waals surface area contributed by atoms with Gasteiger partial charge in [0.2, 0.25) is 0 Å². The smallest absolute Gasteiger partial charge is 0.0304 e. The molecule has 0 aromatic heterocycles. The van der Waals surface area contributed by atoms with Gasteiger partial charge in [-0.2, -0.15) is 0 Å². The molecule has 3 N–H and O–H groups in total. The lowest BCUT2D eigenvalue weighted by Gasteiger charge is -2.32. The molecule has 2 heteroatoms. The summed E-state index contributed by atoms with van der Waals surface area (Å²) in [6.45, 7) is 5.99. The summed E-state index contributed by atoms with van der Waals surface area (Å²) >= 11 is 0. The van der Waals surface area contributed by atoms with Crippen LogP contribution in [0.1, 0.15) is 52.4 Å². The molecule has 0 aromatic carbocycles. The summed E-state index contributed by atoms with van der Waals surface area (Å²) in [7, 11) is 0. The highest BCUT2D eigenvalue weighted by atomic mass is 15.0. The van der Waals surface area contributed by atoms with Gasteiger partial charge >= 0.3 is 0 Å². The van der Waals surface area contributed by atoms with E-state index in [9.17, 15) is 0 Å². The van der Waals surface area contributed by atoms with E-state index >= 15 is 0 Å². The zero-order valence-electron chi connectivity index (χ0n) is 10.8. The Morgan fingerprint density at radius 2 is 2.19 bits per heavy atom. The van der Waals surface area contributed by atoms with E-state index in [4.69, 9.17) is 5.73 Å². The number of hydrogen-bond acceptors (Lipinski definition) is 2. The molecule has 16 heavy (non-hydrogen) atoms. The normalized spacial score (nSPS) is 30.3. The summed E-state index contributed by atoms with van der Waals surface area (Å²) in [5.74, 6) is 6.90. The zero-order chi connectivity index (χ0) is 11.9. The molecular formula is C14H26N2. The van der Waals surface area contributed by atoms with Gasteiger partial charge < -0.3 is 11.1 Å². The highest BCUT2D eigenvalue weighted by molar-refractivity contribution is 4.97. The minimum Gasteiger partial charge on any atom is -0.329 e. The fourth-order valence-corrected chi connectivity index (χ4v) is 2.55. The molecule has 1 rings (SSSR count). The first-order valence-electron chi connectivity index (χ1n) is 6.57. The molecule has 0 heterocycles.